The molecule has 5 atom stereocenters. The van der Waals surface area contributed by atoms with E-state index < -0.39 is 80.3 Å². The van der Waals surface area contributed by atoms with Crippen LogP contribution in [0.1, 0.15) is 33.1 Å². The van der Waals surface area contributed by atoms with Crippen molar-refractivity contribution in [1.82, 2.24) is 0 Å². The van der Waals surface area contributed by atoms with Gasteiger partial charge >= 0.3 is 70.2 Å². The summed E-state index contributed by atoms with van der Waals surface area (Å²) in [6.45, 7) is 9.76. The van der Waals surface area contributed by atoms with Crippen LogP contribution in [-0.4, -0.2) is 135 Å². The predicted molar refractivity (Wildman–Crippen MR) is 291 cm³/mol. The molecule has 0 saturated carbocycles. The summed E-state index contributed by atoms with van der Waals surface area (Å²) in [7, 11) is 9.21. The number of hydrogen-bond donors (Lipinski definition) is 1. The number of rotatable bonds is 24. The molecular formula is C35H39Cl20F17O9Zn. The van der Waals surface area contributed by atoms with E-state index in [1.54, 1.807) is 6.08 Å². The Balaban J connectivity index is -0.0000000820. The van der Waals surface area contributed by atoms with E-state index in [1.807, 2.05) is 0 Å². The molecule has 0 saturated heterocycles. The molecule has 0 rings (SSSR count). The molecule has 0 fully saturated rings. The number of esters is 3. The first-order valence-corrected chi connectivity index (χ1v) is 26.6. The molecule has 0 aliphatic heterocycles. The Morgan fingerprint density at radius 3 is 1.13 bits per heavy atom. The summed E-state index contributed by atoms with van der Waals surface area (Å²) in [6.07, 6.45) is -3.27. The first-order valence-electron chi connectivity index (χ1n) is 18.1. The van der Waals surface area contributed by atoms with Crippen molar-refractivity contribution in [3.8, 4) is 0 Å². The third-order valence-corrected chi connectivity index (χ3v) is 11.2. The third-order valence-electron chi connectivity index (χ3n) is 5.56. The number of alkyl halides is 31. The normalized spacial score (nSPS) is 13.7. The minimum absolute atomic E-state index is 0. The van der Waals surface area contributed by atoms with Crippen molar-refractivity contribution >= 4 is 248 Å². The summed E-state index contributed by atoms with van der Waals surface area (Å²) in [6, 6.07) is 0. The summed E-state index contributed by atoms with van der Waals surface area (Å²) < 4.78 is 205. The zero-order chi connectivity index (χ0) is 66.8. The Morgan fingerprint density at radius 1 is 0.610 bits per heavy atom. The molecule has 0 spiro atoms. The number of halogens is 37. The number of carbonyl (C=O) groups is 3. The average molecular weight is 1700 g/mol. The summed E-state index contributed by atoms with van der Waals surface area (Å²) >= 11 is 86.3. The molecule has 5 unspecified atom stereocenters. The molecule has 0 radical (unpaired) electrons. The van der Waals surface area contributed by atoms with Gasteiger partial charge in [0.25, 0.3) is 4.59 Å². The topological polar surface area (TPSA) is 118 Å². The van der Waals surface area contributed by atoms with Crippen LogP contribution in [0.4, 0.5) is 75.0 Å². The molecule has 0 aliphatic carbocycles. The third kappa shape index (κ3) is 60.1. The van der Waals surface area contributed by atoms with Crippen LogP contribution in [-0.2, 0) is 57.5 Å². The summed E-state index contributed by atoms with van der Waals surface area (Å²) in [5.41, 5.74) is -0.0463. The zero-order valence-electron chi connectivity index (χ0n) is 39.0. The van der Waals surface area contributed by atoms with E-state index in [0.717, 1.165) is 7.11 Å². The minimum atomic E-state index is -6.70. The van der Waals surface area contributed by atoms with Crippen molar-refractivity contribution in [3.05, 3.63) is 43.7 Å². The smallest absolute Gasteiger partial charge is 0.428 e. The van der Waals surface area contributed by atoms with Gasteiger partial charge in [0.2, 0.25) is 0 Å². The quantitative estimate of drug-likeness (QED) is 0.0147. The van der Waals surface area contributed by atoms with Crippen molar-refractivity contribution in [3.63, 3.8) is 0 Å². The Hall–Kier alpha value is 2.52. The maximum Gasteiger partial charge on any atom is 0.428 e. The summed E-state index contributed by atoms with van der Waals surface area (Å²) in [4.78, 5) is 31.0. The Bertz CT molecular complexity index is 1690. The fraction of sp³-hybridized carbons (Fsp3) is 0.714. The second-order valence-corrected chi connectivity index (χ2v) is 21.6. The second kappa shape index (κ2) is 55.2. The molecule has 9 nitrogen and oxygen atoms in total. The molecule has 47 heteroatoms. The van der Waals surface area contributed by atoms with Gasteiger partial charge in [0.15, 0.2) is 5.56 Å². The fourth-order valence-corrected chi connectivity index (χ4v) is 3.55. The number of ether oxygens (including phenoxy) is 5. The van der Waals surface area contributed by atoms with Gasteiger partial charge < -0.3 is 24.1 Å². The first-order chi connectivity index (χ1) is 35.6. The van der Waals surface area contributed by atoms with E-state index in [-0.39, 0.29) is 70.0 Å². The van der Waals surface area contributed by atoms with Gasteiger partial charge in [0.1, 0.15) is 0 Å². The molecular weight excluding hydrogens is 1660 g/mol. The van der Waals surface area contributed by atoms with Crippen molar-refractivity contribution in [2.24, 2.45) is 0 Å². The van der Waals surface area contributed by atoms with Gasteiger partial charge in [-0.25, -0.2) is 23.2 Å². The molecule has 0 bridgehead atoms. The number of aliphatic hydroxyl groups is 1. The van der Waals surface area contributed by atoms with Crippen LogP contribution >= 0.6 is 231 Å². The van der Waals surface area contributed by atoms with Gasteiger partial charge in [-0.05, 0) is 48.9 Å². The Kier molecular flexibility index (Phi) is 73.4. The van der Waals surface area contributed by atoms with Gasteiger partial charge in [-0.2, -0.15) is 57.1 Å². The van der Waals surface area contributed by atoms with Crippen LogP contribution < -0.4 is 0 Å². The molecule has 0 aromatic rings. The van der Waals surface area contributed by atoms with Crippen LogP contribution in [0.25, 0.3) is 0 Å². The molecule has 0 aromatic heterocycles. The molecule has 0 amide bonds. The average Bonchev–Trinajstić information content (AvgIpc) is 3.31. The number of hydrogen-bond acceptors (Lipinski definition) is 9. The number of carbonyl (C=O) groups excluding carboxylic acids is 3. The van der Waals surface area contributed by atoms with E-state index >= 15 is 0 Å². The largest absolute Gasteiger partial charge is 0.465 e. The van der Waals surface area contributed by atoms with Crippen LogP contribution in [0.15, 0.2) is 43.7 Å². The van der Waals surface area contributed by atoms with E-state index in [0.29, 0.717) is 31.6 Å². The SMILES string of the molecule is C.C=C=C(F)F.C=CCCO.C=CCCOC(=O)C(F)(Cl)Cl.COC(=O)C(F)(Cl)Cl.ClCl.FC(Cl)(Cl)C(Cl)OCCC(Cl)CCl.FC(F)(Cl)C(F)(Cl)C(F)(F)C(F)(F)OC(F)(Cl)C(F)(Cl)Cl.FF.O=C(OCCC(Cl)CCl)C(F)(Cl)Cl.[Zn]. The van der Waals surface area contributed by atoms with Gasteiger partial charge in [-0.1, -0.05) is 171 Å². The number of aliphatic hydroxyl groups excluding tert-OH is 1. The van der Waals surface area contributed by atoms with Gasteiger partial charge in [0, 0.05) is 74.1 Å². The van der Waals surface area contributed by atoms with E-state index in [4.69, 9.17) is 147 Å². The maximum atomic E-state index is 13.0. The molecule has 0 aromatic carbocycles. The summed E-state index contributed by atoms with van der Waals surface area (Å²) in [5.74, 6) is -10.1. The molecule has 494 valence electrons. The minimum Gasteiger partial charge on any atom is -0.465 e. The van der Waals surface area contributed by atoms with Crippen LogP contribution in [0.5, 0.6) is 0 Å². The predicted octanol–water partition coefficient (Wildman–Crippen LogP) is 21.1. The van der Waals surface area contributed by atoms with Crippen molar-refractivity contribution < 1.29 is 138 Å². The molecule has 1 N–H and O–H groups in total. The monoisotopic (exact) mass is 1690 g/mol. The van der Waals surface area contributed by atoms with Crippen LogP contribution in [0, 0.1) is 0 Å². The van der Waals surface area contributed by atoms with Crippen LogP contribution in [0.3, 0.4) is 0 Å². The Labute approximate surface area is 570 Å². The molecule has 82 heavy (non-hydrogen) atoms. The van der Waals surface area contributed by atoms with Crippen molar-refractivity contribution in [1.29, 1.82) is 0 Å². The van der Waals surface area contributed by atoms with E-state index in [2.05, 4.69) is 142 Å². The van der Waals surface area contributed by atoms with E-state index in [1.165, 1.54) is 11.8 Å². The maximum absolute atomic E-state index is 13.0. The van der Waals surface area contributed by atoms with Crippen molar-refractivity contribution in [2.45, 2.75) is 100 Å². The van der Waals surface area contributed by atoms with Gasteiger partial charge in [-0.15, -0.1) is 59.6 Å². The fourth-order valence-electron chi connectivity index (χ4n) is 2.08. The first kappa shape index (κ1) is 109. The Morgan fingerprint density at radius 2 is 0.927 bits per heavy atom. The molecule has 0 aliphatic rings. The van der Waals surface area contributed by atoms with Gasteiger partial charge in [-0.3, -0.25) is 4.74 Å². The number of methoxy groups -OCH3 is 1. The van der Waals surface area contributed by atoms with Crippen molar-refractivity contribution in [2.75, 3.05) is 45.3 Å². The van der Waals surface area contributed by atoms with E-state index in [9.17, 15) is 80.2 Å². The zero-order valence-corrected chi connectivity index (χ0v) is 57.1. The van der Waals surface area contributed by atoms with Gasteiger partial charge in [0.05, 0.1) is 32.3 Å². The summed E-state index contributed by atoms with van der Waals surface area (Å²) in [5, 5.41) is -9.40. The van der Waals surface area contributed by atoms with Crippen LogP contribution in [0.2, 0.25) is 0 Å². The molecule has 0 heterocycles. The second-order valence-electron chi connectivity index (χ2n) is 11.7. The standard InChI is InChI=1S/C6Cl5F9O.C6H8Cl5FO.C6H7Cl4FO2.C6H7Cl2FO2.C4H8O.C3H3Cl2FO2.C3H2F2.CH4.Cl2.F2.Zn/c7-1(12,4(10,16)17)2(13,14)6(19,20)21-5(11,18)3(8,9)15;7-3-4(8)1-2-13-5(9)6(10,11)12;7-3-4(8)1-2-13-5(12)6(9,10)11;1-2-3-4-11-5(10)6(7,8)9;1-2-3-4-5;1-8-2(7)3(4,5)6;1-2-3(4)5;;2*1-2;/h;4-5H,1-3H2;4H,1-3H2;2H,1,3-4H2;2,5H,1,3-4H2;1H3;1H2;1H4;;;.